The summed E-state index contributed by atoms with van der Waals surface area (Å²) in [7, 11) is 0. The number of rotatable bonds is 3. The van der Waals surface area contributed by atoms with Crippen molar-refractivity contribution in [1.29, 1.82) is 0 Å². The maximum absolute atomic E-state index is 10.0. The molecular formula is C8H8O3. The molecule has 0 saturated carbocycles. The number of carbonyl (C=O) groups excluding carboxylic acids is 1. The van der Waals surface area contributed by atoms with Crippen LogP contribution in [0.1, 0.15) is 11.5 Å². The molecule has 1 heterocycles. The summed E-state index contributed by atoms with van der Waals surface area (Å²) in [6.07, 6.45) is 0.968. The van der Waals surface area contributed by atoms with Gasteiger partial charge in [0.25, 0.3) is 0 Å². The Balaban J connectivity index is 2.81. The first-order chi connectivity index (χ1) is 5.24. The summed E-state index contributed by atoms with van der Waals surface area (Å²) in [5.41, 5.74) is 0. The number of furan rings is 1. The van der Waals surface area contributed by atoms with E-state index in [2.05, 4.69) is 6.58 Å². The molecule has 0 atom stereocenters. The third kappa shape index (κ3) is 1.70. The van der Waals surface area contributed by atoms with E-state index in [0.717, 1.165) is 6.29 Å². The van der Waals surface area contributed by atoms with E-state index in [0.29, 0.717) is 11.5 Å². The predicted molar refractivity (Wildman–Crippen MR) is 40.1 cm³/mol. The zero-order valence-electron chi connectivity index (χ0n) is 5.91. The Hall–Kier alpha value is -1.51. The topological polar surface area (TPSA) is 50.4 Å². The molecule has 0 unspecified atom stereocenters. The molecule has 0 spiro atoms. The number of hydrogen-bond acceptors (Lipinski definition) is 3. The van der Waals surface area contributed by atoms with Gasteiger partial charge in [0.1, 0.15) is 12.0 Å². The molecule has 0 aliphatic carbocycles. The number of aldehydes is 1. The van der Waals surface area contributed by atoms with E-state index in [1.165, 1.54) is 0 Å². The molecule has 1 N–H and O–H groups in total. The lowest BCUT2D eigenvalue weighted by atomic mass is 10.3. The van der Waals surface area contributed by atoms with Crippen molar-refractivity contribution in [2.45, 2.75) is 6.42 Å². The zero-order valence-corrected chi connectivity index (χ0v) is 5.91. The summed E-state index contributed by atoms with van der Waals surface area (Å²) in [5, 5.41) is 8.83. The van der Waals surface area contributed by atoms with Crippen molar-refractivity contribution in [2.24, 2.45) is 0 Å². The Morgan fingerprint density at radius 1 is 1.73 bits per heavy atom. The second kappa shape index (κ2) is 3.05. The number of aliphatic hydroxyl groups excluding tert-OH is 1. The third-order valence-electron chi connectivity index (χ3n) is 1.23. The number of carbonyl (C=O) groups is 1. The van der Waals surface area contributed by atoms with Gasteiger partial charge in [-0.1, -0.05) is 6.58 Å². The van der Waals surface area contributed by atoms with Crippen molar-refractivity contribution >= 4 is 12.0 Å². The van der Waals surface area contributed by atoms with Crippen LogP contribution in [0, 0.1) is 0 Å². The lowest BCUT2D eigenvalue weighted by Crippen LogP contribution is -1.80. The van der Waals surface area contributed by atoms with E-state index >= 15 is 0 Å². The van der Waals surface area contributed by atoms with Crippen LogP contribution in [0.4, 0.5) is 0 Å². The van der Waals surface area contributed by atoms with Gasteiger partial charge in [0.05, 0.1) is 6.42 Å². The molecule has 0 radical (unpaired) electrons. The van der Waals surface area contributed by atoms with Crippen molar-refractivity contribution < 1.29 is 14.3 Å². The molecule has 11 heavy (non-hydrogen) atoms. The van der Waals surface area contributed by atoms with Crippen molar-refractivity contribution in [3.8, 4) is 0 Å². The van der Waals surface area contributed by atoms with Crippen molar-refractivity contribution in [3.05, 3.63) is 30.2 Å². The maximum atomic E-state index is 10.0. The lowest BCUT2D eigenvalue weighted by Gasteiger charge is -1.89. The average molecular weight is 152 g/mol. The quantitative estimate of drug-likeness (QED) is 0.528. The fourth-order valence-corrected chi connectivity index (χ4v) is 0.725. The molecule has 0 bridgehead atoms. The van der Waals surface area contributed by atoms with E-state index in [9.17, 15) is 4.79 Å². The maximum Gasteiger partial charge on any atom is 0.168 e. The first-order valence-corrected chi connectivity index (χ1v) is 3.14. The van der Waals surface area contributed by atoms with E-state index in [1.807, 2.05) is 0 Å². The fraction of sp³-hybridized carbons (Fsp3) is 0.125. The zero-order chi connectivity index (χ0) is 8.27. The highest BCUT2D eigenvalue weighted by molar-refractivity contribution is 5.55. The van der Waals surface area contributed by atoms with Gasteiger partial charge < -0.3 is 14.3 Å². The largest absolute Gasteiger partial charge is 0.505 e. The molecule has 1 aromatic rings. The highest BCUT2D eigenvalue weighted by Crippen LogP contribution is 2.13. The Morgan fingerprint density at radius 3 is 2.91 bits per heavy atom. The van der Waals surface area contributed by atoms with Gasteiger partial charge in [-0.2, -0.15) is 0 Å². The van der Waals surface area contributed by atoms with Crippen LogP contribution in [-0.4, -0.2) is 11.4 Å². The van der Waals surface area contributed by atoms with Gasteiger partial charge in [-0.15, -0.1) is 0 Å². The van der Waals surface area contributed by atoms with Gasteiger partial charge in [0, 0.05) is 0 Å². The summed E-state index contributed by atoms with van der Waals surface area (Å²) >= 11 is 0. The van der Waals surface area contributed by atoms with Crippen molar-refractivity contribution in [2.75, 3.05) is 0 Å². The molecule has 1 rings (SSSR count). The molecule has 0 amide bonds. The highest BCUT2D eigenvalue weighted by Gasteiger charge is 2.02. The molecular weight excluding hydrogens is 144 g/mol. The van der Waals surface area contributed by atoms with Crippen LogP contribution in [0.3, 0.4) is 0 Å². The molecule has 3 heteroatoms. The Kier molecular flexibility index (Phi) is 2.11. The van der Waals surface area contributed by atoms with Crippen LogP contribution in [0.25, 0.3) is 5.76 Å². The lowest BCUT2D eigenvalue weighted by molar-refractivity contribution is -0.107. The van der Waals surface area contributed by atoms with Crippen molar-refractivity contribution in [3.63, 3.8) is 0 Å². The van der Waals surface area contributed by atoms with Gasteiger partial charge in [-0.3, -0.25) is 0 Å². The second-order valence-electron chi connectivity index (χ2n) is 2.08. The van der Waals surface area contributed by atoms with Gasteiger partial charge in [-0.25, -0.2) is 0 Å². The molecule has 0 fully saturated rings. The summed E-state index contributed by atoms with van der Waals surface area (Å²) in [6.45, 7) is 3.27. The molecule has 3 nitrogen and oxygen atoms in total. The van der Waals surface area contributed by atoms with Crippen LogP contribution in [0.5, 0.6) is 0 Å². The minimum atomic E-state index is -0.123. The molecule has 0 aliphatic heterocycles. The molecule has 1 aromatic heterocycles. The normalized spacial score (nSPS) is 9.45. The molecule has 0 saturated heterocycles. The predicted octanol–water partition coefficient (Wildman–Crippen LogP) is 1.55. The summed E-state index contributed by atoms with van der Waals surface area (Å²) in [5.74, 6) is 0.717. The smallest absolute Gasteiger partial charge is 0.168 e. The molecule has 58 valence electrons. The minimum absolute atomic E-state index is 0.123. The Labute approximate surface area is 64.0 Å². The van der Waals surface area contributed by atoms with E-state index in [1.54, 1.807) is 12.1 Å². The standard InChI is InChI=1S/C8H8O3/c1-6(10)8-3-2-7(11-8)4-5-9/h2-3,5,10H,1,4H2. The summed E-state index contributed by atoms with van der Waals surface area (Å²) in [6, 6.07) is 3.20. The van der Waals surface area contributed by atoms with E-state index < -0.39 is 0 Å². The SMILES string of the molecule is C=C(O)c1ccc(CC=O)o1. The van der Waals surface area contributed by atoms with Crippen LogP contribution < -0.4 is 0 Å². The van der Waals surface area contributed by atoms with Gasteiger partial charge in [0.15, 0.2) is 11.5 Å². The summed E-state index contributed by atoms with van der Waals surface area (Å²) in [4.78, 5) is 10.0. The second-order valence-corrected chi connectivity index (χ2v) is 2.08. The monoisotopic (exact) mass is 152 g/mol. The molecule has 0 aliphatic rings. The average Bonchev–Trinajstić information content (AvgIpc) is 2.37. The first-order valence-electron chi connectivity index (χ1n) is 3.14. The van der Waals surface area contributed by atoms with Crippen molar-refractivity contribution in [1.82, 2.24) is 0 Å². The number of aliphatic hydroxyl groups is 1. The van der Waals surface area contributed by atoms with Crippen LogP contribution in [0.2, 0.25) is 0 Å². The first kappa shape index (κ1) is 7.60. The number of hydrogen-bond donors (Lipinski definition) is 1. The highest BCUT2D eigenvalue weighted by atomic mass is 16.4. The Bertz CT molecular complexity index is 273. The summed E-state index contributed by atoms with van der Waals surface area (Å²) < 4.78 is 5.00. The Morgan fingerprint density at radius 2 is 2.45 bits per heavy atom. The van der Waals surface area contributed by atoms with Gasteiger partial charge >= 0.3 is 0 Å². The van der Waals surface area contributed by atoms with Gasteiger partial charge in [-0.05, 0) is 12.1 Å². The van der Waals surface area contributed by atoms with E-state index in [4.69, 9.17) is 9.52 Å². The molecule has 0 aromatic carbocycles. The fourth-order valence-electron chi connectivity index (χ4n) is 0.725. The minimum Gasteiger partial charge on any atom is -0.505 e. The van der Waals surface area contributed by atoms with Crippen LogP contribution in [0.15, 0.2) is 23.1 Å². The third-order valence-corrected chi connectivity index (χ3v) is 1.23. The van der Waals surface area contributed by atoms with E-state index in [-0.39, 0.29) is 12.2 Å². The van der Waals surface area contributed by atoms with Crippen LogP contribution in [-0.2, 0) is 11.2 Å². The van der Waals surface area contributed by atoms with Crippen LogP contribution >= 0.6 is 0 Å². The van der Waals surface area contributed by atoms with Gasteiger partial charge in [0.2, 0.25) is 0 Å².